The van der Waals surface area contributed by atoms with Crippen LogP contribution < -0.4 is 4.74 Å². The first-order valence-electron chi connectivity index (χ1n) is 29.8. The fraction of sp³-hybridized carbons (Fsp3) is 0.900. The van der Waals surface area contributed by atoms with E-state index in [1.54, 1.807) is 21.0 Å². The van der Waals surface area contributed by atoms with Crippen LogP contribution in [-0.4, -0.2) is 185 Å². The maximum absolute atomic E-state index is 11.2. The summed E-state index contributed by atoms with van der Waals surface area (Å²) in [7, 11) is 9.17. The number of aliphatic hydroxyl groups excluding tert-OH is 5. The molecule has 0 aliphatic carbocycles. The van der Waals surface area contributed by atoms with Crippen molar-refractivity contribution >= 4 is 0 Å². The number of ether oxygens (including phenoxy) is 12. The van der Waals surface area contributed by atoms with E-state index in [2.05, 4.69) is 26.0 Å². The summed E-state index contributed by atoms with van der Waals surface area (Å²) < 4.78 is 71.9. The van der Waals surface area contributed by atoms with E-state index in [-0.39, 0.29) is 12.7 Å². The van der Waals surface area contributed by atoms with Crippen LogP contribution in [0.2, 0.25) is 0 Å². The average Bonchev–Trinajstić information content (AvgIpc) is 3.42. The van der Waals surface area contributed by atoms with E-state index >= 15 is 0 Å². The van der Waals surface area contributed by atoms with Crippen molar-refractivity contribution in [3.05, 3.63) is 29.8 Å². The fourth-order valence-corrected chi connectivity index (χ4v) is 11.6. The van der Waals surface area contributed by atoms with Crippen LogP contribution in [0.25, 0.3) is 0 Å². The number of aryl methyl sites for hydroxylation is 1. The number of unbranched alkanes of at least 4 members (excludes halogenated alkanes) is 16. The van der Waals surface area contributed by atoms with Crippen LogP contribution in [0.1, 0.15) is 181 Å². The van der Waals surface area contributed by atoms with E-state index in [1.807, 2.05) is 12.1 Å². The van der Waals surface area contributed by atoms with Crippen molar-refractivity contribution < 1.29 is 82.4 Å². The Balaban J connectivity index is 1.07. The van der Waals surface area contributed by atoms with E-state index in [0.717, 1.165) is 57.8 Å². The van der Waals surface area contributed by atoms with Crippen LogP contribution >= 0.6 is 0 Å². The second-order valence-corrected chi connectivity index (χ2v) is 22.3. The molecule has 0 radical (unpaired) electrons. The van der Waals surface area contributed by atoms with E-state index in [9.17, 15) is 25.5 Å². The minimum Gasteiger partial charge on any atom is -0.462 e. The van der Waals surface area contributed by atoms with E-state index in [0.29, 0.717) is 24.2 Å². The molecule has 0 amide bonds. The molecule has 17 nitrogen and oxygen atoms in total. The Bertz CT molecular complexity index is 1610. The molecule has 0 unspecified atom stereocenters. The van der Waals surface area contributed by atoms with Gasteiger partial charge < -0.3 is 82.4 Å². The zero-order chi connectivity index (χ0) is 56.1. The van der Waals surface area contributed by atoms with Crippen LogP contribution in [0.15, 0.2) is 24.3 Å². The van der Waals surface area contributed by atoms with Gasteiger partial charge in [0.05, 0.1) is 37.1 Å². The Morgan fingerprint density at radius 1 is 0.494 bits per heavy atom. The number of rotatable bonds is 41. The molecular formula is C60H108O17. The van der Waals surface area contributed by atoms with E-state index < -0.39 is 98.2 Å². The summed E-state index contributed by atoms with van der Waals surface area (Å²) >= 11 is 0. The second kappa shape index (κ2) is 38.2. The number of methoxy groups -OCH3 is 6. The monoisotopic (exact) mass is 1100 g/mol. The van der Waals surface area contributed by atoms with Crippen molar-refractivity contribution in [1.82, 2.24) is 0 Å². The van der Waals surface area contributed by atoms with Gasteiger partial charge >= 0.3 is 0 Å². The fourth-order valence-electron chi connectivity index (χ4n) is 11.6. The van der Waals surface area contributed by atoms with Crippen molar-refractivity contribution in [2.24, 2.45) is 5.92 Å². The highest BCUT2D eigenvalue weighted by molar-refractivity contribution is 5.27. The highest BCUT2D eigenvalue weighted by atomic mass is 16.8. The zero-order valence-corrected chi connectivity index (χ0v) is 49.1. The molecule has 0 saturated carbocycles. The van der Waals surface area contributed by atoms with Crippen molar-refractivity contribution in [2.45, 2.75) is 292 Å². The highest BCUT2D eigenvalue weighted by Gasteiger charge is 2.54. The standard InChI is InChI=1S/C60H108O17/c1-11-47(67-6)40(2)30-28-29-33-45(62)38-44(61)32-27-25-23-21-19-17-15-13-12-14-16-18-20-22-24-26-31-43-34-36-46(37-35-43)74-60-57(54(69-8)49(63)41(3)72-60)77-59-56(71-10)55(70-9)52(42(4)73-59)76-58-51(65)53(68-7)50(64)48(75-58)39-66-5/h34-37,40-42,44-45,47-65H,11-33,38-39H2,1-10H3/t40-,41+,42+,44+,45-,47+,48-,49+,50-,51-,52+,53+,54-,55-,56-,57-,58-,59+,60+/m1/s1. The molecule has 1 aromatic carbocycles. The minimum atomic E-state index is -1.34. The molecular weight excluding hydrogens is 993 g/mol. The molecule has 450 valence electrons. The predicted molar refractivity (Wildman–Crippen MR) is 295 cm³/mol. The Morgan fingerprint density at radius 3 is 1.51 bits per heavy atom. The molecule has 3 aliphatic rings. The Hall–Kier alpha value is -1.62. The number of hydrogen-bond donors (Lipinski definition) is 5. The molecule has 0 aromatic heterocycles. The summed E-state index contributed by atoms with van der Waals surface area (Å²) in [5, 5.41) is 53.9. The van der Waals surface area contributed by atoms with Gasteiger partial charge in [0.2, 0.25) is 6.29 Å². The summed E-state index contributed by atoms with van der Waals surface area (Å²) in [6.07, 6.45) is 12.8. The van der Waals surface area contributed by atoms with E-state index in [1.165, 1.54) is 131 Å². The topological polar surface area (TPSA) is 212 Å². The first-order chi connectivity index (χ1) is 37.2. The molecule has 3 fully saturated rings. The first-order valence-corrected chi connectivity index (χ1v) is 29.8. The van der Waals surface area contributed by atoms with E-state index in [4.69, 9.17) is 56.8 Å². The third-order valence-electron chi connectivity index (χ3n) is 16.4. The van der Waals surface area contributed by atoms with Gasteiger partial charge in [0.1, 0.15) is 60.7 Å². The molecule has 3 saturated heterocycles. The highest BCUT2D eigenvalue weighted by Crippen LogP contribution is 2.36. The van der Waals surface area contributed by atoms with Crippen molar-refractivity contribution in [3.8, 4) is 5.75 Å². The molecule has 3 heterocycles. The average molecular weight is 1100 g/mol. The van der Waals surface area contributed by atoms with Gasteiger partial charge in [-0.3, -0.25) is 0 Å². The summed E-state index contributed by atoms with van der Waals surface area (Å²) in [6, 6.07) is 8.02. The Labute approximate surface area is 463 Å². The van der Waals surface area contributed by atoms with Gasteiger partial charge in [-0.1, -0.05) is 135 Å². The van der Waals surface area contributed by atoms with Gasteiger partial charge in [-0.25, -0.2) is 0 Å². The molecule has 0 spiro atoms. The minimum absolute atomic E-state index is 0.0447. The van der Waals surface area contributed by atoms with Crippen molar-refractivity contribution in [3.63, 3.8) is 0 Å². The molecule has 3 aliphatic heterocycles. The number of aliphatic hydroxyl groups is 5. The quantitative estimate of drug-likeness (QED) is 0.0388. The lowest BCUT2D eigenvalue weighted by Crippen LogP contribution is -2.66. The van der Waals surface area contributed by atoms with Crippen molar-refractivity contribution in [1.29, 1.82) is 0 Å². The van der Waals surface area contributed by atoms with Gasteiger partial charge in [0.15, 0.2) is 18.7 Å². The van der Waals surface area contributed by atoms with Crippen molar-refractivity contribution in [2.75, 3.05) is 49.3 Å². The maximum atomic E-state index is 11.2. The summed E-state index contributed by atoms with van der Waals surface area (Å²) in [4.78, 5) is 0. The zero-order valence-electron chi connectivity index (χ0n) is 49.1. The molecule has 1 aromatic rings. The Kier molecular flexibility index (Phi) is 33.7. The SMILES string of the molecule is CC[C@H](OC)[C@H](C)CCCC[C@@H](O)C[C@@H](O)CCCCCCCCCCCCCCCCCCc1ccc(O[C@@H]2O[C@@H](C)[C@H](O)[C@@H](OC)[C@H]2O[C@@H]2O[C@@H](C)[C@H](O[C@H]3O[C@H](COC)[C@@H](O)[C@H](OC)[C@H]3O)[C@@H](OC)[C@H]2OC)cc1. The summed E-state index contributed by atoms with van der Waals surface area (Å²) in [5.41, 5.74) is 1.23. The lowest BCUT2D eigenvalue weighted by molar-refractivity contribution is -0.379. The molecule has 4 rings (SSSR count). The lowest BCUT2D eigenvalue weighted by Gasteiger charge is -2.49. The van der Waals surface area contributed by atoms with Gasteiger partial charge in [0.25, 0.3) is 0 Å². The smallest absolute Gasteiger partial charge is 0.229 e. The number of hydrogen-bond acceptors (Lipinski definition) is 17. The normalized spacial score (nSPS) is 31.5. The largest absolute Gasteiger partial charge is 0.462 e. The lowest BCUT2D eigenvalue weighted by atomic mass is 9.94. The maximum Gasteiger partial charge on any atom is 0.229 e. The second-order valence-electron chi connectivity index (χ2n) is 22.3. The van der Waals surface area contributed by atoms with Gasteiger partial charge in [-0.15, -0.1) is 0 Å². The number of benzene rings is 1. The van der Waals surface area contributed by atoms with Crippen LogP contribution in [0.5, 0.6) is 5.75 Å². The molecule has 17 heteroatoms. The van der Waals surface area contributed by atoms with Gasteiger partial charge in [-0.05, 0) is 82.4 Å². The van der Waals surface area contributed by atoms with Crippen LogP contribution in [-0.2, 0) is 58.5 Å². The Morgan fingerprint density at radius 2 is 0.987 bits per heavy atom. The van der Waals surface area contributed by atoms with Gasteiger partial charge in [0, 0.05) is 42.7 Å². The van der Waals surface area contributed by atoms with Crippen LogP contribution in [0.4, 0.5) is 0 Å². The molecule has 0 bridgehead atoms. The molecule has 77 heavy (non-hydrogen) atoms. The summed E-state index contributed by atoms with van der Waals surface area (Å²) in [5.74, 6) is 1.12. The van der Waals surface area contributed by atoms with Crippen LogP contribution in [0, 0.1) is 5.92 Å². The predicted octanol–water partition coefficient (Wildman–Crippen LogP) is 8.75. The van der Waals surface area contributed by atoms with Crippen LogP contribution in [0.3, 0.4) is 0 Å². The summed E-state index contributed by atoms with van der Waals surface area (Å²) in [6.45, 7) is 7.99. The third kappa shape index (κ3) is 22.6. The molecule has 5 N–H and O–H groups in total. The third-order valence-corrected chi connectivity index (χ3v) is 16.4. The van der Waals surface area contributed by atoms with Gasteiger partial charge in [-0.2, -0.15) is 0 Å². The first kappa shape index (κ1) is 67.9. The molecule has 19 atom stereocenters.